The molecule has 1 unspecified atom stereocenters. The van der Waals surface area contributed by atoms with Crippen LogP contribution in [0.4, 0.5) is 5.69 Å². The number of carbonyl (C=O) groups is 1. The van der Waals surface area contributed by atoms with Gasteiger partial charge in [0.05, 0.1) is 18.3 Å². The van der Waals surface area contributed by atoms with Gasteiger partial charge in [0.1, 0.15) is 5.75 Å². The standard InChI is InChI=1S/C25H28N2O2/c1-4-29-24-17-11-10-16-23(24)26-25(28)19(2)27(3)18-21-14-8-9-15-22(21)20-12-6-5-7-13-20/h5-17,19H,4,18H2,1-3H3,(H,26,28). The number of amides is 1. The SMILES string of the molecule is CCOc1ccccc1NC(=O)C(C)N(C)Cc1ccccc1-c1ccccc1. The third kappa shape index (κ3) is 5.24. The van der Waals surface area contributed by atoms with E-state index in [0.29, 0.717) is 24.6 Å². The van der Waals surface area contributed by atoms with E-state index < -0.39 is 0 Å². The molecular formula is C25H28N2O2. The van der Waals surface area contributed by atoms with Crippen molar-refractivity contribution in [2.45, 2.75) is 26.4 Å². The van der Waals surface area contributed by atoms with Gasteiger partial charge in [-0.3, -0.25) is 9.69 Å². The van der Waals surface area contributed by atoms with Gasteiger partial charge < -0.3 is 10.1 Å². The molecule has 3 rings (SSSR count). The lowest BCUT2D eigenvalue weighted by Gasteiger charge is -2.25. The summed E-state index contributed by atoms with van der Waals surface area (Å²) < 4.78 is 5.61. The highest BCUT2D eigenvalue weighted by molar-refractivity contribution is 5.95. The normalized spacial score (nSPS) is 11.9. The molecule has 29 heavy (non-hydrogen) atoms. The van der Waals surface area contributed by atoms with Gasteiger partial charge in [-0.15, -0.1) is 0 Å². The molecule has 4 nitrogen and oxygen atoms in total. The maximum Gasteiger partial charge on any atom is 0.241 e. The van der Waals surface area contributed by atoms with Gasteiger partial charge in [-0.2, -0.15) is 0 Å². The van der Waals surface area contributed by atoms with Crippen molar-refractivity contribution in [1.82, 2.24) is 4.90 Å². The lowest BCUT2D eigenvalue weighted by Crippen LogP contribution is -2.39. The average molecular weight is 389 g/mol. The van der Waals surface area contributed by atoms with Crippen molar-refractivity contribution in [3.8, 4) is 16.9 Å². The van der Waals surface area contributed by atoms with E-state index >= 15 is 0 Å². The maximum atomic E-state index is 12.8. The molecule has 0 spiro atoms. The second-order valence-corrected chi connectivity index (χ2v) is 7.03. The Hall–Kier alpha value is -3.11. The number of hydrogen-bond acceptors (Lipinski definition) is 3. The smallest absolute Gasteiger partial charge is 0.241 e. The van der Waals surface area contributed by atoms with E-state index in [1.165, 1.54) is 16.7 Å². The van der Waals surface area contributed by atoms with E-state index in [2.05, 4.69) is 34.5 Å². The molecule has 0 aliphatic heterocycles. The topological polar surface area (TPSA) is 41.6 Å². The van der Waals surface area contributed by atoms with Crippen LogP contribution in [0.3, 0.4) is 0 Å². The zero-order chi connectivity index (χ0) is 20.6. The van der Waals surface area contributed by atoms with Crippen LogP contribution in [0.15, 0.2) is 78.9 Å². The Morgan fingerprint density at radius 3 is 2.38 bits per heavy atom. The molecule has 1 amide bonds. The van der Waals surface area contributed by atoms with Crippen molar-refractivity contribution in [2.75, 3.05) is 19.0 Å². The first-order valence-corrected chi connectivity index (χ1v) is 9.96. The summed E-state index contributed by atoms with van der Waals surface area (Å²) >= 11 is 0. The first-order chi connectivity index (χ1) is 14.1. The molecule has 0 radical (unpaired) electrons. The first kappa shape index (κ1) is 20.6. The maximum absolute atomic E-state index is 12.8. The van der Waals surface area contributed by atoms with E-state index in [0.717, 1.165) is 0 Å². The summed E-state index contributed by atoms with van der Waals surface area (Å²) in [4.78, 5) is 14.9. The lowest BCUT2D eigenvalue weighted by molar-refractivity contribution is -0.120. The first-order valence-electron chi connectivity index (χ1n) is 9.96. The predicted octanol–water partition coefficient (Wildman–Crippen LogP) is 5.21. The lowest BCUT2D eigenvalue weighted by atomic mass is 9.99. The van der Waals surface area contributed by atoms with E-state index in [9.17, 15) is 4.79 Å². The van der Waals surface area contributed by atoms with E-state index in [-0.39, 0.29) is 11.9 Å². The summed E-state index contributed by atoms with van der Waals surface area (Å²) in [6.45, 7) is 5.08. The fraction of sp³-hybridized carbons (Fsp3) is 0.240. The monoisotopic (exact) mass is 388 g/mol. The summed E-state index contributed by atoms with van der Waals surface area (Å²) in [5.74, 6) is 0.629. The van der Waals surface area contributed by atoms with Crippen molar-refractivity contribution in [1.29, 1.82) is 0 Å². The molecule has 1 N–H and O–H groups in total. The van der Waals surface area contributed by atoms with E-state index in [4.69, 9.17) is 4.74 Å². The van der Waals surface area contributed by atoms with Gasteiger partial charge in [-0.1, -0.05) is 66.7 Å². The van der Waals surface area contributed by atoms with E-state index in [1.807, 2.05) is 75.5 Å². The Balaban J connectivity index is 1.72. The predicted molar refractivity (Wildman–Crippen MR) is 119 cm³/mol. The molecule has 3 aromatic rings. The molecule has 0 bridgehead atoms. The molecule has 0 saturated carbocycles. The van der Waals surface area contributed by atoms with Crippen molar-refractivity contribution in [3.63, 3.8) is 0 Å². The zero-order valence-electron chi connectivity index (χ0n) is 17.3. The van der Waals surface area contributed by atoms with Crippen LogP contribution in [0.2, 0.25) is 0 Å². The Bertz CT molecular complexity index is 940. The summed E-state index contributed by atoms with van der Waals surface area (Å²) in [7, 11) is 1.97. The molecule has 1 atom stereocenters. The molecule has 4 heteroatoms. The number of likely N-dealkylation sites (N-methyl/N-ethyl adjacent to an activating group) is 1. The number of para-hydroxylation sites is 2. The van der Waals surface area contributed by atoms with Crippen molar-refractivity contribution >= 4 is 11.6 Å². The third-order valence-corrected chi connectivity index (χ3v) is 5.01. The minimum Gasteiger partial charge on any atom is -0.492 e. The number of nitrogens with zero attached hydrogens (tertiary/aromatic N) is 1. The van der Waals surface area contributed by atoms with Crippen LogP contribution in [0.5, 0.6) is 5.75 Å². The number of ether oxygens (including phenoxy) is 1. The quantitative estimate of drug-likeness (QED) is 0.576. The van der Waals surface area contributed by atoms with Gasteiger partial charge in [0.25, 0.3) is 0 Å². The van der Waals surface area contributed by atoms with Crippen molar-refractivity contribution in [2.24, 2.45) is 0 Å². The molecule has 0 aliphatic carbocycles. The van der Waals surface area contributed by atoms with E-state index in [1.54, 1.807) is 0 Å². The summed E-state index contributed by atoms with van der Waals surface area (Å²) in [6, 6.07) is 25.9. The Kier molecular flexibility index (Phi) is 7.04. The highest BCUT2D eigenvalue weighted by Gasteiger charge is 2.20. The molecule has 0 fully saturated rings. The molecule has 0 aromatic heterocycles. The second-order valence-electron chi connectivity index (χ2n) is 7.03. The number of benzene rings is 3. The average Bonchev–Trinajstić information content (AvgIpc) is 2.75. The third-order valence-electron chi connectivity index (χ3n) is 5.01. The number of carbonyl (C=O) groups excluding carboxylic acids is 1. The van der Waals surface area contributed by atoms with Crippen LogP contribution in [0.1, 0.15) is 19.4 Å². The fourth-order valence-corrected chi connectivity index (χ4v) is 3.25. The van der Waals surface area contributed by atoms with Gasteiger partial charge in [-0.25, -0.2) is 0 Å². The highest BCUT2D eigenvalue weighted by atomic mass is 16.5. The molecule has 150 valence electrons. The largest absolute Gasteiger partial charge is 0.492 e. The van der Waals surface area contributed by atoms with Gasteiger partial charge in [0.15, 0.2) is 0 Å². The molecular weight excluding hydrogens is 360 g/mol. The van der Waals surface area contributed by atoms with Crippen LogP contribution in [-0.4, -0.2) is 30.5 Å². The highest BCUT2D eigenvalue weighted by Crippen LogP contribution is 2.26. The zero-order valence-corrected chi connectivity index (χ0v) is 17.3. The number of anilines is 1. The van der Waals surface area contributed by atoms with Crippen LogP contribution < -0.4 is 10.1 Å². The van der Waals surface area contributed by atoms with Crippen LogP contribution >= 0.6 is 0 Å². The summed E-state index contributed by atoms with van der Waals surface area (Å²) in [6.07, 6.45) is 0. The number of rotatable bonds is 8. The molecule has 0 heterocycles. The molecule has 0 saturated heterocycles. The van der Waals surface area contributed by atoms with Gasteiger partial charge in [-0.05, 0) is 49.7 Å². The Morgan fingerprint density at radius 1 is 0.966 bits per heavy atom. The van der Waals surface area contributed by atoms with Gasteiger partial charge in [0.2, 0.25) is 5.91 Å². The minimum absolute atomic E-state index is 0.0585. The van der Waals surface area contributed by atoms with Crippen molar-refractivity contribution < 1.29 is 9.53 Å². The Morgan fingerprint density at radius 2 is 1.62 bits per heavy atom. The fourth-order valence-electron chi connectivity index (χ4n) is 3.25. The van der Waals surface area contributed by atoms with Crippen LogP contribution in [0, 0.1) is 0 Å². The van der Waals surface area contributed by atoms with Gasteiger partial charge in [0, 0.05) is 6.54 Å². The van der Waals surface area contributed by atoms with Crippen molar-refractivity contribution in [3.05, 3.63) is 84.4 Å². The molecule has 3 aromatic carbocycles. The number of nitrogens with one attached hydrogen (secondary N) is 1. The van der Waals surface area contributed by atoms with Crippen LogP contribution in [0.25, 0.3) is 11.1 Å². The number of hydrogen-bond donors (Lipinski definition) is 1. The van der Waals surface area contributed by atoms with Gasteiger partial charge >= 0.3 is 0 Å². The summed E-state index contributed by atoms with van der Waals surface area (Å²) in [5.41, 5.74) is 4.26. The second kappa shape index (κ2) is 9.89. The minimum atomic E-state index is -0.298. The summed E-state index contributed by atoms with van der Waals surface area (Å²) in [5, 5.41) is 3.00. The van der Waals surface area contributed by atoms with Crippen LogP contribution in [-0.2, 0) is 11.3 Å². The Labute approximate surface area is 173 Å². The molecule has 0 aliphatic rings.